The van der Waals surface area contributed by atoms with Crippen LogP contribution in [0.4, 0.5) is 11.5 Å². The number of benzene rings is 1. The minimum atomic E-state index is 0. The van der Waals surface area contributed by atoms with Gasteiger partial charge in [0.05, 0.1) is 12.5 Å². The number of aromatic nitrogens is 3. The molecule has 0 unspecified atom stereocenters. The van der Waals surface area contributed by atoms with E-state index in [1.54, 1.807) is 13.4 Å². The quantitative estimate of drug-likeness (QED) is 0.726. The monoisotopic (exact) mass is 342 g/mol. The highest BCUT2D eigenvalue weighted by atomic mass is 35.5. The summed E-state index contributed by atoms with van der Waals surface area (Å²) in [4.78, 5) is 15.2. The molecule has 0 N–H and O–H groups in total. The minimum absolute atomic E-state index is 0. The van der Waals surface area contributed by atoms with E-state index in [1.165, 1.54) is 30.4 Å². The average Bonchev–Trinajstić information content (AvgIpc) is 3.07. The summed E-state index contributed by atoms with van der Waals surface area (Å²) in [5.74, 6) is 1.41. The molecule has 1 aliphatic carbocycles. The van der Waals surface area contributed by atoms with Gasteiger partial charge < -0.3 is 9.64 Å². The van der Waals surface area contributed by atoms with Crippen molar-refractivity contribution >= 4 is 34.9 Å². The first-order chi connectivity index (χ1) is 11.3. The highest BCUT2D eigenvalue weighted by Gasteiger charge is 2.15. The number of hydrogen-bond donors (Lipinski definition) is 0. The van der Waals surface area contributed by atoms with Crippen molar-refractivity contribution in [3.63, 3.8) is 0 Å². The molecular formula is C18H19ClN4O. The zero-order valence-electron chi connectivity index (χ0n) is 13.7. The summed E-state index contributed by atoms with van der Waals surface area (Å²) in [5, 5.41) is 0.913. The van der Waals surface area contributed by atoms with Crippen molar-refractivity contribution in [3.05, 3.63) is 47.8 Å². The molecule has 0 amide bonds. The van der Waals surface area contributed by atoms with Crippen molar-refractivity contribution in [1.29, 1.82) is 0 Å². The van der Waals surface area contributed by atoms with E-state index >= 15 is 0 Å². The van der Waals surface area contributed by atoms with Crippen molar-refractivity contribution in [2.45, 2.75) is 19.3 Å². The highest BCUT2D eigenvalue weighted by molar-refractivity contribution is 5.89. The molecular weight excluding hydrogens is 324 g/mol. The molecule has 0 saturated carbocycles. The summed E-state index contributed by atoms with van der Waals surface area (Å²) >= 11 is 0. The van der Waals surface area contributed by atoms with Gasteiger partial charge in [-0.25, -0.2) is 9.97 Å². The Kier molecular flexibility index (Phi) is 4.53. The van der Waals surface area contributed by atoms with Crippen LogP contribution in [0.15, 0.2) is 36.7 Å². The van der Waals surface area contributed by atoms with Gasteiger partial charge in [-0.05, 0) is 48.6 Å². The number of rotatable bonds is 3. The largest absolute Gasteiger partial charge is 0.481 e. The van der Waals surface area contributed by atoms with E-state index in [4.69, 9.17) is 4.74 Å². The fourth-order valence-electron chi connectivity index (χ4n) is 3.18. The maximum absolute atomic E-state index is 5.17. The van der Waals surface area contributed by atoms with E-state index in [-0.39, 0.29) is 12.4 Å². The Hall–Kier alpha value is -2.40. The molecule has 0 aliphatic heterocycles. The molecule has 6 heteroatoms. The second kappa shape index (κ2) is 6.61. The van der Waals surface area contributed by atoms with Crippen LogP contribution < -0.4 is 9.64 Å². The van der Waals surface area contributed by atoms with E-state index in [0.717, 1.165) is 16.9 Å². The molecule has 3 aromatic rings. The van der Waals surface area contributed by atoms with Gasteiger partial charge in [0.2, 0.25) is 5.88 Å². The lowest BCUT2D eigenvalue weighted by molar-refractivity contribution is 0.399. The van der Waals surface area contributed by atoms with Crippen LogP contribution in [0, 0.1) is 0 Å². The fourth-order valence-corrected chi connectivity index (χ4v) is 3.18. The van der Waals surface area contributed by atoms with Crippen molar-refractivity contribution in [3.8, 4) is 5.88 Å². The van der Waals surface area contributed by atoms with Crippen LogP contribution in [0.2, 0.25) is 0 Å². The number of halogens is 1. The predicted molar refractivity (Wildman–Crippen MR) is 97.7 cm³/mol. The van der Waals surface area contributed by atoms with Crippen LogP contribution in [-0.2, 0) is 12.8 Å². The van der Waals surface area contributed by atoms with Gasteiger partial charge in [0.1, 0.15) is 12.1 Å². The lowest BCUT2D eigenvalue weighted by Gasteiger charge is -2.20. The first-order valence-electron chi connectivity index (χ1n) is 7.77. The van der Waals surface area contributed by atoms with Gasteiger partial charge in [-0.15, -0.1) is 12.4 Å². The topological polar surface area (TPSA) is 51.1 Å². The second-order valence-corrected chi connectivity index (χ2v) is 5.79. The van der Waals surface area contributed by atoms with E-state index in [2.05, 4.69) is 38.1 Å². The summed E-state index contributed by atoms with van der Waals surface area (Å²) in [7, 11) is 3.63. The Morgan fingerprint density at radius 1 is 1.04 bits per heavy atom. The van der Waals surface area contributed by atoms with Crippen LogP contribution in [0.5, 0.6) is 5.88 Å². The Balaban J connectivity index is 0.00000169. The molecule has 24 heavy (non-hydrogen) atoms. The molecule has 0 radical (unpaired) electrons. The second-order valence-electron chi connectivity index (χ2n) is 5.79. The summed E-state index contributed by atoms with van der Waals surface area (Å²) in [6.45, 7) is 0. The van der Waals surface area contributed by atoms with Gasteiger partial charge in [0.25, 0.3) is 0 Å². The SMILES string of the molecule is COc1ccc2c(N(C)c3ccc4c(c3)CCC4)ncnc2n1.Cl. The van der Waals surface area contributed by atoms with Crippen LogP contribution in [0.3, 0.4) is 0 Å². The molecule has 4 rings (SSSR count). The normalized spacial score (nSPS) is 12.6. The zero-order chi connectivity index (χ0) is 15.8. The molecule has 1 aliphatic rings. The Bertz CT molecular complexity index is 884. The molecule has 0 atom stereocenters. The Morgan fingerprint density at radius 3 is 2.71 bits per heavy atom. The number of pyridine rings is 1. The third kappa shape index (κ3) is 2.76. The Labute approximate surface area is 147 Å². The lowest BCUT2D eigenvalue weighted by Crippen LogP contribution is -2.12. The molecule has 124 valence electrons. The lowest BCUT2D eigenvalue weighted by atomic mass is 10.1. The first-order valence-corrected chi connectivity index (χ1v) is 7.77. The number of ether oxygens (including phenoxy) is 1. The maximum atomic E-state index is 5.17. The summed E-state index contributed by atoms with van der Waals surface area (Å²) in [5.41, 5.74) is 4.71. The van der Waals surface area contributed by atoms with Gasteiger partial charge in [-0.2, -0.15) is 4.98 Å². The summed E-state index contributed by atoms with van der Waals surface area (Å²) in [6.07, 6.45) is 5.16. The molecule has 1 aromatic carbocycles. The number of methoxy groups -OCH3 is 1. The van der Waals surface area contributed by atoms with Gasteiger partial charge in [0, 0.05) is 18.8 Å². The maximum Gasteiger partial charge on any atom is 0.215 e. The number of fused-ring (bicyclic) bond motifs is 2. The molecule has 0 saturated heterocycles. The van der Waals surface area contributed by atoms with E-state index in [9.17, 15) is 0 Å². The van der Waals surface area contributed by atoms with Crippen molar-refractivity contribution in [1.82, 2.24) is 15.0 Å². The van der Waals surface area contributed by atoms with Gasteiger partial charge in [0.15, 0.2) is 5.65 Å². The van der Waals surface area contributed by atoms with Crippen LogP contribution in [0.25, 0.3) is 11.0 Å². The van der Waals surface area contributed by atoms with E-state index in [0.29, 0.717) is 11.5 Å². The third-order valence-corrected chi connectivity index (χ3v) is 4.45. The zero-order valence-corrected chi connectivity index (χ0v) is 14.5. The highest BCUT2D eigenvalue weighted by Crippen LogP contribution is 2.31. The molecule has 5 nitrogen and oxygen atoms in total. The summed E-state index contributed by atoms with van der Waals surface area (Å²) < 4.78 is 5.17. The van der Waals surface area contributed by atoms with Crippen molar-refractivity contribution < 1.29 is 4.74 Å². The fraction of sp³-hybridized carbons (Fsp3) is 0.278. The number of nitrogens with zero attached hydrogens (tertiary/aromatic N) is 4. The van der Waals surface area contributed by atoms with Gasteiger partial charge >= 0.3 is 0 Å². The average molecular weight is 343 g/mol. The number of anilines is 2. The van der Waals surface area contributed by atoms with E-state index in [1.807, 2.05) is 19.2 Å². The molecule has 2 heterocycles. The van der Waals surface area contributed by atoms with E-state index < -0.39 is 0 Å². The molecule has 0 fully saturated rings. The van der Waals surface area contributed by atoms with Crippen LogP contribution in [0.1, 0.15) is 17.5 Å². The van der Waals surface area contributed by atoms with Crippen molar-refractivity contribution in [2.75, 3.05) is 19.1 Å². The third-order valence-electron chi connectivity index (χ3n) is 4.45. The Morgan fingerprint density at radius 2 is 1.88 bits per heavy atom. The number of aryl methyl sites for hydroxylation is 2. The molecule has 0 spiro atoms. The predicted octanol–water partition coefficient (Wildman–Crippen LogP) is 3.71. The van der Waals surface area contributed by atoms with Crippen LogP contribution >= 0.6 is 12.4 Å². The first kappa shape index (κ1) is 16.5. The van der Waals surface area contributed by atoms with Gasteiger partial charge in [-0.1, -0.05) is 6.07 Å². The van der Waals surface area contributed by atoms with Crippen LogP contribution in [-0.4, -0.2) is 29.1 Å². The molecule has 2 aromatic heterocycles. The summed E-state index contributed by atoms with van der Waals surface area (Å²) in [6, 6.07) is 10.5. The van der Waals surface area contributed by atoms with Gasteiger partial charge in [-0.3, -0.25) is 0 Å². The standard InChI is InChI=1S/C18H18N4O.ClH/c1-22(14-7-6-12-4-3-5-13(12)10-14)18-15-8-9-16(23-2)21-17(15)19-11-20-18;/h6-11H,3-5H2,1-2H3;1H. The number of hydrogen-bond acceptors (Lipinski definition) is 5. The smallest absolute Gasteiger partial charge is 0.215 e. The minimum Gasteiger partial charge on any atom is -0.481 e. The molecule has 0 bridgehead atoms. The van der Waals surface area contributed by atoms with Crippen molar-refractivity contribution in [2.24, 2.45) is 0 Å².